The third-order valence-electron chi connectivity index (χ3n) is 3.00. The number of hydrogen-bond acceptors (Lipinski definition) is 2. The summed E-state index contributed by atoms with van der Waals surface area (Å²) in [5, 5.41) is 2.49. The van der Waals surface area contributed by atoms with E-state index < -0.39 is 11.6 Å². The predicted molar refractivity (Wildman–Crippen MR) is 71.7 cm³/mol. The molecule has 0 aliphatic rings. The van der Waals surface area contributed by atoms with Crippen LogP contribution in [-0.2, 0) is 4.79 Å². The molecule has 0 heterocycles. The van der Waals surface area contributed by atoms with Crippen molar-refractivity contribution >= 4 is 11.6 Å². The molecule has 19 heavy (non-hydrogen) atoms. The van der Waals surface area contributed by atoms with Crippen molar-refractivity contribution in [3.63, 3.8) is 0 Å². The van der Waals surface area contributed by atoms with Crippen molar-refractivity contribution in [2.24, 2.45) is 11.1 Å². The fourth-order valence-electron chi connectivity index (χ4n) is 1.82. The van der Waals surface area contributed by atoms with Crippen molar-refractivity contribution in [2.75, 3.05) is 11.9 Å². The largest absolute Gasteiger partial charge is 0.330 e. The number of rotatable bonds is 6. The van der Waals surface area contributed by atoms with Gasteiger partial charge in [-0.25, -0.2) is 8.78 Å². The molecule has 3 nitrogen and oxygen atoms in total. The standard InChI is InChI=1S/C14H20F2N2O/c1-14(2,5-6-17)4-3-13(19)18-12-8-10(15)7-11(16)9-12/h7-9H,3-6,17H2,1-2H3,(H,18,19). The Hall–Kier alpha value is -1.49. The van der Waals surface area contributed by atoms with Crippen molar-refractivity contribution in [3.8, 4) is 0 Å². The molecule has 0 aliphatic heterocycles. The normalized spacial score (nSPS) is 11.4. The zero-order chi connectivity index (χ0) is 14.5. The van der Waals surface area contributed by atoms with Gasteiger partial charge in [-0.1, -0.05) is 13.8 Å². The van der Waals surface area contributed by atoms with Crippen molar-refractivity contribution in [1.82, 2.24) is 0 Å². The molecule has 1 amide bonds. The zero-order valence-electron chi connectivity index (χ0n) is 11.3. The molecule has 1 aromatic rings. The number of benzene rings is 1. The van der Waals surface area contributed by atoms with E-state index in [9.17, 15) is 13.6 Å². The van der Waals surface area contributed by atoms with E-state index in [1.165, 1.54) is 0 Å². The van der Waals surface area contributed by atoms with Crippen molar-refractivity contribution in [2.45, 2.75) is 33.1 Å². The molecule has 0 atom stereocenters. The van der Waals surface area contributed by atoms with Gasteiger partial charge in [-0.05, 0) is 36.9 Å². The lowest BCUT2D eigenvalue weighted by atomic mass is 9.84. The molecule has 0 spiro atoms. The first-order chi connectivity index (χ1) is 8.82. The Kier molecular flexibility index (Phi) is 5.42. The Morgan fingerprint density at radius 3 is 2.32 bits per heavy atom. The van der Waals surface area contributed by atoms with Crippen LogP contribution in [0.4, 0.5) is 14.5 Å². The van der Waals surface area contributed by atoms with Crippen LogP contribution in [0.2, 0.25) is 0 Å². The molecule has 0 radical (unpaired) electrons. The van der Waals surface area contributed by atoms with Gasteiger partial charge in [0, 0.05) is 18.2 Å². The van der Waals surface area contributed by atoms with E-state index in [0.717, 1.165) is 24.6 Å². The van der Waals surface area contributed by atoms with Crippen LogP contribution in [0.15, 0.2) is 18.2 Å². The second-order valence-corrected chi connectivity index (χ2v) is 5.41. The van der Waals surface area contributed by atoms with Gasteiger partial charge in [-0.3, -0.25) is 4.79 Å². The molecule has 1 rings (SSSR count). The van der Waals surface area contributed by atoms with Gasteiger partial charge >= 0.3 is 0 Å². The molecular formula is C14H20F2N2O. The lowest BCUT2D eigenvalue weighted by Gasteiger charge is -2.23. The maximum absolute atomic E-state index is 12.9. The Labute approximate surface area is 112 Å². The number of carbonyl (C=O) groups is 1. The molecular weight excluding hydrogens is 250 g/mol. The van der Waals surface area contributed by atoms with Crippen LogP contribution >= 0.6 is 0 Å². The highest BCUT2D eigenvalue weighted by atomic mass is 19.1. The van der Waals surface area contributed by atoms with E-state index in [-0.39, 0.29) is 17.0 Å². The van der Waals surface area contributed by atoms with Gasteiger partial charge in [0.2, 0.25) is 5.91 Å². The molecule has 1 aromatic carbocycles. The minimum Gasteiger partial charge on any atom is -0.330 e. The van der Waals surface area contributed by atoms with E-state index in [0.29, 0.717) is 19.4 Å². The highest BCUT2D eigenvalue weighted by Crippen LogP contribution is 2.26. The van der Waals surface area contributed by atoms with Gasteiger partial charge in [0.15, 0.2) is 0 Å². The first-order valence-electron chi connectivity index (χ1n) is 6.28. The molecule has 0 fully saturated rings. The second-order valence-electron chi connectivity index (χ2n) is 5.41. The van der Waals surface area contributed by atoms with Crippen LogP contribution < -0.4 is 11.1 Å². The van der Waals surface area contributed by atoms with Crippen LogP contribution in [-0.4, -0.2) is 12.5 Å². The molecule has 0 aliphatic carbocycles. The first kappa shape index (κ1) is 15.6. The third kappa shape index (κ3) is 5.79. The van der Waals surface area contributed by atoms with E-state index in [4.69, 9.17) is 5.73 Å². The topological polar surface area (TPSA) is 55.1 Å². The summed E-state index contributed by atoms with van der Waals surface area (Å²) in [5.74, 6) is -1.67. The Bertz CT molecular complexity index is 427. The smallest absolute Gasteiger partial charge is 0.224 e. The SMILES string of the molecule is CC(C)(CCN)CCC(=O)Nc1cc(F)cc(F)c1. The minimum absolute atomic E-state index is 0.0146. The summed E-state index contributed by atoms with van der Waals surface area (Å²) in [6, 6.07) is 2.94. The number of halogens is 2. The zero-order valence-corrected chi connectivity index (χ0v) is 11.3. The van der Waals surface area contributed by atoms with E-state index in [1.807, 2.05) is 13.8 Å². The number of hydrogen-bond donors (Lipinski definition) is 2. The van der Waals surface area contributed by atoms with Gasteiger partial charge in [0.1, 0.15) is 11.6 Å². The first-order valence-corrected chi connectivity index (χ1v) is 6.28. The quantitative estimate of drug-likeness (QED) is 0.834. The van der Waals surface area contributed by atoms with Crippen LogP contribution in [0.3, 0.4) is 0 Å². The summed E-state index contributed by atoms with van der Waals surface area (Å²) in [4.78, 5) is 11.7. The summed E-state index contributed by atoms with van der Waals surface area (Å²) < 4.78 is 25.9. The van der Waals surface area contributed by atoms with E-state index in [1.54, 1.807) is 0 Å². The number of amides is 1. The number of anilines is 1. The lowest BCUT2D eigenvalue weighted by Crippen LogP contribution is -2.20. The summed E-state index contributed by atoms with van der Waals surface area (Å²) in [5.41, 5.74) is 5.62. The summed E-state index contributed by atoms with van der Waals surface area (Å²) in [7, 11) is 0. The molecule has 5 heteroatoms. The summed E-state index contributed by atoms with van der Waals surface area (Å²) >= 11 is 0. The van der Waals surface area contributed by atoms with Gasteiger partial charge < -0.3 is 11.1 Å². The Morgan fingerprint density at radius 1 is 1.21 bits per heavy atom. The van der Waals surface area contributed by atoms with Gasteiger partial charge in [-0.15, -0.1) is 0 Å². The highest BCUT2D eigenvalue weighted by molar-refractivity contribution is 5.90. The number of nitrogens with one attached hydrogen (secondary N) is 1. The van der Waals surface area contributed by atoms with E-state index >= 15 is 0 Å². The Balaban J connectivity index is 2.51. The van der Waals surface area contributed by atoms with Gasteiger partial charge in [0.05, 0.1) is 0 Å². The van der Waals surface area contributed by atoms with Gasteiger partial charge in [0.25, 0.3) is 0 Å². The molecule has 0 aromatic heterocycles. The third-order valence-corrected chi connectivity index (χ3v) is 3.00. The van der Waals surface area contributed by atoms with Gasteiger partial charge in [-0.2, -0.15) is 0 Å². The van der Waals surface area contributed by atoms with Crippen LogP contribution in [0.25, 0.3) is 0 Å². The number of nitrogens with two attached hydrogens (primary N) is 1. The maximum atomic E-state index is 12.9. The van der Waals surface area contributed by atoms with Crippen LogP contribution in [0.1, 0.15) is 33.1 Å². The molecule has 0 saturated carbocycles. The monoisotopic (exact) mass is 270 g/mol. The fraction of sp³-hybridized carbons (Fsp3) is 0.500. The van der Waals surface area contributed by atoms with Crippen LogP contribution in [0, 0.1) is 17.0 Å². The highest BCUT2D eigenvalue weighted by Gasteiger charge is 2.18. The molecule has 3 N–H and O–H groups in total. The van der Waals surface area contributed by atoms with E-state index in [2.05, 4.69) is 5.32 Å². The predicted octanol–water partition coefficient (Wildman–Crippen LogP) is 3.06. The van der Waals surface area contributed by atoms with Crippen molar-refractivity contribution in [3.05, 3.63) is 29.8 Å². The second kappa shape index (κ2) is 6.61. The van der Waals surface area contributed by atoms with Crippen LogP contribution in [0.5, 0.6) is 0 Å². The fourth-order valence-corrected chi connectivity index (χ4v) is 1.82. The van der Waals surface area contributed by atoms with Crippen molar-refractivity contribution < 1.29 is 13.6 Å². The minimum atomic E-state index is -0.709. The Morgan fingerprint density at radius 2 is 1.79 bits per heavy atom. The maximum Gasteiger partial charge on any atom is 0.224 e. The number of carbonyl (C=O) groups excluding carboxylic acids is 1. The molecule has 0 unspecified atom stereocenters. The average molecular weight is 270 g/mol. The van der Waals surface area contributed by atoms with Crippen molar-refractivity contribution in [1.29, 1.82) is 0 Å². The average Bonchev–Trinajstić information content (AvgIpc) is 2.25. The molecule has 106 valence electrons. The molecule has 0 bridgehead atoms. The summed E-state index contributed by atoms with van der Waals surface area (Å²) in [6.45, 7) is 4.65. The summed E-state index contributed by atoms with van der Waals surface area (Å²) in [6.07, 6.45) is 1.80. The molecule has 0 saturated heterocycles. The lowest BCUT2D eigenvalue weighted by molar-refractivity contribution is -0.116.